The highest BCUT2D eigenvalue weighted by Gasteiger charge is 2.23. The molecule has 0 aliphatic heterocycles. The zero-order valence-electron chi connectivity index (χ0n) is 7.32. The summed E-state index contributed by atoms with van der Waals surface area (Å²) in [6.07, 6.45) is 4.63. The first-order valence-corrected chi connectivity index (χ1v) is 5.88. The summed E-state index contributed by atoms with van der Waals surface area (Å²) < 4.78 is 22.9. The Morgan fingerprint density at radius 1 is 1.23 bits per heavy atom. The zero-order chi connectivity index (χ0) is 9.90. The summed E-state index contributed by atoms with van der Waals surface area (Å²) >= 11 is 0. The first kappa shape index (κ1) is 10.5. The molecule has 0 aromatic carbocycles. The van der Waals surface area contributed by atoms with E-state index in [1.54, 1.807) is 4.72 Å². The number of nitrogens with two attached hydrogens (primary N) is 1. The Labute approximate surface area is 77.9 Å². The van der Waals surface area contributed by atoms with E-state index >= 15 is 0 Å². The van der Waals surface area contributed by atoms with Crippen molar-refractivity contribution in [1.29, 1.82) is 0 Å². The minimum Gasteiger partial charge on any atom is -0.274 e. The van der Waals surface area contributed by atoms with Crippen LogP contribution in [0, 0.1) is 5.92 Å². The van der Waals surface area contributed by atoms with Crippen LogP contribution in [0.2, 0.25) is 0 Å². The first-order valence-electron chi connectivity index (χ1n) is 4.33. The van der Waals surface area contributed by atoms with E-state index in [9.17, 15) is 13.2 Å². The molecular formula is C7H14N2O3S. The van der Waals surface area contributed by atoms with Gasteiger partial charge in [0.2, 0.25) is 5.91 Å². The largest absolute Gasteiger partial charge is 0.298 e. The second-order valence-electron chi connectivity index (χ2n) is 3.35. The van der Waals surface area contributed by atoms with E-state index in [2.05, 4.69) is 5.14 Å². The number of rotatable bonds is 2. The second-order valence-corrected chi connectivity index (χ2v) is 4.64. The molecule has 1 fully saturated rings. The maximum atomic E-state index is 11.2. The van der Waals surface area contributed by atoms with Gasteiger partial charge in [0.05, 0.1) is 0 Å². The number of amides is 1. The van der Waals surface area contributed by atoms with Crippen LogP contribution >= 0.6 is 0 Å². The molecule has 3 N–H and O–H groups in total. The molecule has 0 saturated heterocycles. The molecule has 0 atom stereocenters. The molecule has 1 saturated carbocycles. The van der Waals surface area contributed by atoms with Gasteiger partial charge in [0, 0.05) is 5.92 Å². The van der Waals surface area contributed by atoms with E-state index in [4.69, 9.17) is 0 Å². The zero-order valence-corrected chi connectivity index (χ0v) is 8.14. The van der Waals surface area contributed by atoms with E-state index in [1.807, 2.05) is 0 Å². The fourth-order valence-electron chi connectivity index (χ4n) is 1.59. The van der Waals surface area contributed by atoms with Gasteiger partial charge in [0.25, 0.3) is 10.2 Å². The van der Waals surface area contributed by atoms with Crippen LogP contribution in [0.15, 0.2) is 0 Å². The average molecular weight is 206 g/mol. The predicted molar refractivity (Wildman–Crippen MR) is 47.8 cm³/mol. The van der Waals surface area contributed by atoms with Crippen molar-refractivity contribution in [3.63, 3.8) is 0 Å². The first-order chi connectivity index (χ1) is 5.99. The molecule has 76 valence electrons. The summed E-state index contributed by atoms with van der Waals surface area (Å²) in [5.74, 6) is -0.630. The van der Waals surface area contributed by atoms with Crippen molar-refractivity contribution in [3.05, 3.63) is 0 Å². The van der Waals surface area contributed by atoms with Crippen molar-refractivity contribution < 1.29 is 13.2 Å². The third-order valence-electron chi connectivity index (χ3n) is 2.22. The lowest BCUT2D eigenvalue weighted by atomic mass is 9.89. The van der Waals surface area contributed by atoms with Crippen molar-refractivity contribution in [1.82, 2.24) is 4.72 Å². The molecule has 1 amide bonds. The maximum absolute atomic E-state index is 11.2. The summed E-state index contributed by atoms with van der Waals surface area (Å²) in [6.45, 7) is 0. The summed E-state index contributed by atoms with van der Waals surface area (Å²) in [5, 5.41) is 4.68. The highest BCUT2D eigenvalue weighted by Crippen LogP contribution is 2.23. The molecule has 1 aliphatic carbocycles. The number of hydrogen-bond acceptors (Lipinski definition) is 3. The fourth-order valence-corrected chi connectivity index (χ4v) is 2.04. The summed E-state index contributed by atoms with van der Waals surface area (Å²) in [6, 6.07) is 0. The molecule has 0 bridgehead atoms. The molecule has 0 spiro atoms. The Kier molecular flexibility index (Phi) is 3.27. The highest BCUT2D eigenvalue weighted by molar-refractivity contribution is 7.87. The van der Waals surface area contributed by atoms with Crippen molar-refractivity contribution in [3.8, 4) is 0 Å². The smallest absolute Gasteiger partial charge is 0.274 e. The van der Waals surface area contributed by atoms with Gasteiger partial charge in [-0.2, -0.15) is 8.42 Å². The molecule has 5 nitrogen and oxygen atoms in total. The van der Waals surface area contributed by atoms with Crippen molar-refractivity contribution in [2.45, 2.75) is 32.1 Å². The van der Waals surface area contributed by atoms with Crippen LogP contribution in [0.4, 0.5) is 0 Å². The van der Waals surface area contributed by atoms with Gasteiger partial charge in [-0.15, -0.1) is 0 Å². The lowest BCUT2D eigenvalue weighted by molar-refractivity contribution is -0.124. The van der Waals surface area contributed by atoms with Gasteiger partial charge in [-0.1, -0.05) is 19.3 Å². The van der Waals surface area contributed by atoms with Gasteiger partial charge in [0.1, 0.15) is 0 Å². The molecule has 0 radical (unpaired) electrons. The molecule has 1 rings (SSSR count). The summed E-state index contributed by atoms with van der Waals surface area (Å²) in [4.78, 5) is 11.2. The Morgan fingerprint density at radius 3 is 2.23 bits per heavy atom. The molecule has 1 aliphatic rings. The third kappa shape index (κ3) is 3.73. The number of hydrogen-bond donors (Lipinski definition) is 2. The van der Waals surface area contributed by atoms with Gasteiger partial charge in [-0.05, 0) is 12.8 Å². The van der Waals surface area contributed by atoms with Crippen molar-refractivity contribution in [2.24, 2.45) is 11.1 Å². The average Bonchev–Trinajstić information content (AvgIpc) is 2.03. The topological polar surface area (TPSA) is 89.3 Å². The molecule has 6 heteroatoms. The van der Waals surface area contributed by atoms with E-state index in [0.717, 1.165) is 32.1 Å². The van der Waals surface area contributed by atoms with Crippen LogP contribution in [-0.2, 0) is 15.0 Å². The highest BCUT2D eigenvalue weighted by atomic mass is 32.2. The quantitative estimate of drug-likeness (QED) is 0.660. The van der Waals surface area contributed by atoms with E-state index in [1.165, 1.54) is 0 Å². The Hall–Kier alpha value is -0.620. The van der Waals surface area contributed by atoms with Crippen molar-refractivity contribution in [2.75, 3.05) is 0 Å². The van der Waals surface area contributed by atoms with Gasteiger partial charge in [-0.3, -0.25) is 4.79 Å². The lowest BCUT2D eigenvalue weighted by Gasteiger charge is -2.19. The summed E-state index contributed by atoms with van der Waals surface area (Å²) in [7, 11) is -3.87. The van der Waals surface area contributed by atoms with Crippen LogP contribution < -0.4 is 9.86 Å². The van der Waals surface area contributed by atoms with Crippen LogP contribution in [0.1, 0.15) is 32.1 Å². The Morgan fingerprint density at radius 2 is 1.77 bits per heavy atom. The predicted octanol–water partition coefficient (Wildman–Crippen LogP) is -0.114. The van der Waals surface area contributed by atoms with Gasteiger partial charge in [0.15, 0.2) is 0 Å². The van der Waals surface area contributed by atoms with Gasteiger partial charge >= 0.3 is 0 Å². The minimum atomic E-state index is -3.87. The van der Waals surface area contributed by atoms with Crippen LogP contribution in [-0.4, -0.2) is 14.3 Å². The summed E-state index contributed by atoms with van der Waals surface area (Å²) in [5.41, 5.74) is 0. The number of carbonyl (C=O) groups is 1. The molecule has 0 unspecified atom stereocenters. The van der Waals surface area contributed by atoms with Gasteiger partial charge < -0.3 is 0 Å². The maximum Gasteiger partial charge on any atom is 0.298 e. The standard InChI is InChI=1S/C7H14N2O3S/c8-13(11,12)9-7(10)6-4-2-1-3-5-6/h6H,1-5H2,(H,9,10)(H2,8,11,12). The van der Waals surface area contributed by atoms with Crippen molar-refractivity contribution >= 4 is 16.1 Å². The SMILES string of the molecule is NS(=O)(=O)NC(=O)C1CCCCC1. The van der Waals surface area contributed by atoms with E-state index in [0.29, 0.717) is 0 Å². The normalized spacial score (nSPS) is 19.8. The van der Waals surface area contributed by atoms with E-state index in [-0.39, 0.29) is 5.92 Å². The molecule has 0 heterocycles. The molecule has 13 heavy (non-hydrogen) atoms. The lowest BCUT2D eigenvalue weighted by Crippen LogP contribution is -2.40. The number of carbonyl (C=O) groups excluding carboxylic acids is 1. The van der Waals surface area contributed by atoms with Crippen LogP contribution in [0.5, 0.6) is 0 Å². The monoisotopic (exact) mass is 206 g/mol. The van der Waals surface area contributed by atoms with Crippen LogP contribution in [0.25, 0.3) is 0 Å². The fraction of sp³-hybridized carbons (Fsp3) is 0.857. The Balaban J connectivity index is 2.47. The molecular weight excluding hydrogens is 192 g/mol. The molecule has 0 aromatic heterocycles. The number of nitrogens with one attached hydrogen (secondary N) is 1. The Bertz CT molecular complexity index is 280. The second kappa shape index (κ2) is 4.06. The van der Waals surface area contributed by atoms with Crippen LogP contribution in [0.3, 0.4) is 0 Å². The third-order valence-corrected chi connectivity index (χ3v) is 2.70. The minimum absolute atomic E-state index is 0.174. The molecule has 0 aromatic rings. The van der Waals surface area contributed by atoms with E-state index < -0.39 is 16.1 Å². The van der Waals surface area contributed by atoms with Gasteiger partial charge in [-0.25, -0.2) is 9.86 Å².